The highest BCUT2D eigenvalue weighted by Gasteiger charge is 2.06. The zero-order valence-electron chi connectivity index (χ0n) is 9.14. The van der Waals surface area contributed by atoms with Gasteiger partial charge in [-0.25, -0.2) is 4.79 Å². The van der Waals surface area contributed by atoms with Gasteiger partial charge in [0, 0.05) is 34.3 Å². The lowest BCUT2D eigenvalue weighted by Gasteiger charge is -2.08. The van der Waals surface area contributed by atoms with Gasteiger partial charge >= 0.3 is 5.97 Å². The van der Waals surface area contributed by atoms with Crippen molar-refractivity contribution in [2.45, 2.75) is 0 Å². The van der Waals surface area contributed by atoms with Crippen molar-refractivity contribution >= 4 is 28.1 Å². The van der Waals surface area contributed by atoms with Crippen LogP contribution < -0.4 is 16.2 Å². The fourth-order valence-corrected chi connectivity index (χ4v) is 1.63. The van der Waals surface area contributed by atoms with E-state index in [-0.39, 0.29) is 0 Å². The number of hydrogen-bond donors (Lipinski definition) is 2. The molecule has 4 N–H and O–H groups in total. The van der Waals surface area contributed by atoms with Crippen LogP contribution in [0, 0.1) is 0 Å². The van der Waals surface area contributed by atoms with Crippen molar-refractivity contribution in [1.29, 1.82) is 0 Å². The molecule has 0 heterocycles. The topological polar surface area (TPSA) is 78.3 Å². The van der Waals surface area contributed by atoms with Gasteiger partial charge < -0.3 is 16.2 Å². The second kappa shape index (κ2) is 4.17. The van der Waals surface area contributed by atoms with Crippen LogP contribution in [-0.4, -0.2) is 5.97 Å². The van der Waals surface area contributed by atoms with Crippen molar-refractivity contribution in [2.75, 3.05) is 11.5 Å². The number of benzene rings is 2. The van der Waals surface area contributed by atoms with Gasteiger partial charge in [-0.3, -0.25) is 0 Å². The van der Waals surface area contributed by atoms with Gasteiger partial charge in [0.2, 0.25) is 0 Å². The quantitative estimate of drug-likeness (QED) is 0.357. The van der Waals surface area contributed by atoms with E-state index in [0.29, 0.717) is 17.1 Å². The molecule has 86 valence electrons. The first kappa shape index (κ1) is 11.0. The molecule has 4 heteroatoms. The summed E-state index contributed by atoms with van der Waals surface area (Å²) in [5.41, 5.74) is 12.8. The maximum Gasteiger partial charge on any atom is 0.335 e. The third kappa shape index (κ3) is 2.06. The van der Waals surface area contributed by atoms with Crippen LogP contribution in [0.2, 0.25) is 0 Å². The fourth-order valence-electron chi connectivity index (χ4n) is 1.63. The van der Waals surface area contributed by atoms with Crippen molar-refractivity contribution in [3.8, 4) is 5.75 Å². The first-order valence-corrected chi connectivity index (χ1v) is 5.04. The normalized spacial score (nSPS) is 10.1. The van der Waals surface area contributed by atoms with E-state index in [4.69, 9.17) is 16.2 Å². The summed E-state index contributed by atoms with van der Waals surface area (Å²) >= 11 is 0. The predicted octanol–water partition coefficient (Wildman–Crippen LogP) is 2.10. The Morgan fingerprint density at radius 2 is 1.94 bits per heavy atom. The molecule has 0 spiro atoms. The lowest BCUT2D eigenvalue weighted by atomic mass is 10.1. The van der Waals surface area contributed by atoms with Gasteiger partial charge in [-0.2, -0.15) is 0 Å². The van der Waals surface area contributed by atoms with Gasteiger partial charge in [0.15, 0.2) is 0 Å². The molecule has 2 rings (SSSR count). The van der Waals surface area contributed by atoms with Crippen LogP contribution in [0.5, 0.6) is 5.75 Å². The number of rotatable bonds is 2. The molecule has 0 aliphatic rings. The zero-order valence-corrected chi connectivity index (χ0v) is 9.14. The van der Waals surface area contributed by atoms with Crippen LogP contribution in [0.15, 0.2) is 43.0 Å². The molecule has 0 amide bonds. The average Bonchev–Trinajstić information content (AvgIpc) is 2.30. The minimum Gasteiger partial charge on any atom is -0.423 e. The van der Waals surface area contributed by atoms with E-state index >= 15 is 0 Å². The van der Waals surface area contributed by atoms with Gasteiger partial charge in [0.25, 0.3) is 0 Å². The minimum atomic E-state index is -0.529. The Morgan fingerprint density at radius 1 is 1.18 bits per heavy atom. The minimum absolute atomic E-state index is 0.359. The lowest BCUT2D eigenvalue weighted by Crippen LogP contribution is -2.04. The summed E-state index contributed by atoms with van der Waals surface area (Å²) in [4.78, 5) is 11.1. The Balaban J connectivity index is 2.57. The van der Waals surface area contributed by atoms with E-state index in [2.05, 4.69) is 6.58 Å². The summed E-state index contributed by atoms with van der Waals surface area (Å²) in [5, 5.41) is 1.60. The summed E-state index contributed by atoms with van der Waals surface area (Å²) < 4.78 is 5.01. The van der Waals surface area contributed by atoms with Crippen molar-refractivity contribution in [1.82, 2.24) is 0 Å². The molecule has 0 radical (unpaired) electrons. The van der Waals surface area contributed by atoms with Crippen molar-refractivity contribution in [3.05, 3.63) is 43.0 Å². The highest BCUT2D eigenvalue weighted by Crippen LogP contribution is 2.30. The fraction of sp³-hybridized carbons (Fsp3) is 0. The predicted molar refractivity (Wildman–Crippen MR) is 68.6 cm³/mol. The summed E-state index contributed by atoms with van der Waals surface area (Å²) in [7, 11) is 0. The van der Waals surface area contributed by atoms with Crippen LogP contribution in [-0.2, 0) is 4.79 Å². The summed E-state index contributed by atoms with van der Waals surface area (Å²) in [6.45, 7) is 3.33. The molecular weight excluding hydrogens is 216 g/mol. The lowest BCUT2D eigenvalue weighted by molar-refractivity contribution is -0.128. The molecule has 2 aromatic carbocycles. The molecule has 0 saturated carbocycles. The van der Waals surface area contributed by atoms with Gasteiger partial charge in [0.1, 0.15) is 5.75 Å². The van der Waals surface area contributed by atoms with Crippen LogP contribution in [0.3, 0.4) is 0 Å². The molecule has 0 fully saturated rings. The molecule has 0 aromatic heterocycles. The maximum atomic E-state index is 11.1. The molecule has 0 saturated heterocycles. The summed E-state index contributed by atoms with van der Waals surface area (Å²) in [5.74, 6) is -0.170. The third-order valence-electron chi connectivity index (χ3n) is 2.42. The molecular formula is C13H12N2O2. The van der Waals surface area contributed by atoms with E-state index in [1.54, 1.807) is 18.2 Å². The molecule has 0 atom stereocenters. The van der Waals surface area contributed by atoms with E-state index in [1.807, 2.05) is 12.1 Å². The Bertz CT molecular complexity index is 606. The first-order valence-electron chi connectivity index (χ1n) is 5.04. The van der Waals surface area contributed by atoms with E-state index in [0.717, 1.165) is 16.8 Å². The van der Waals surface area contributed by atoms with E-state index in [1.165, 1.54) is 0 Å². The number of nitrogen functional groups attached to an aromatic ring is 2. The zero-order chi connectivity index (χ0) is 12.4. The third-order valence-corrected chi connectivity index (χ3v) is 2.42. The van der Waals surface area contributed by atoms with Gasteiger partial charge in [-0.05, 0) is 12.1 Å². The molecule has 0 aliphatic carbocycles. The average molecular weight is 228 g/mol. The number of nitrogens with two attached hydrogens (primary N) is 2. The Hall–Kier alpha value is -2.49. The largest absolute Gasteiger partial charge is 0.423 e. The van der Waals surface area contributed by atoms with Gasteiger partial charge in [-0.1, -0.05) is 18.7 Å². The molecule has 0 aliphatic heterocycles. The number of anilines is 2. The molecule has 4 nitrogen and oxygen atoms in total. The maximum absolute atomic E-state index is 11.1. The van der Waals surface area contributed by atoms with Gasteiger partial charge in [0.05, 0.1) is 0 Å². The number of carbonyl (C=O) groups is 1. The summed E-state index contributed by atoms with van der Waals surface area (Å²) in [6.07, 6.45) is 1.09. The first-order chi connectivity index (χ1) is 8.11. The van der Waals surface area contributed by atoms with Crippen LogP contribution >= 0.6 is 0 Å². The van der Waals surface area contributed by atoms with Crippen LogP contribution in [0.4, 0.5) is 11.4 Å². The van der Waals surface area contributed by atoms with E-state index < -0.39 is 5.97 Å². The standard InChI is InChI=1S/C13H12N2O2/c1-2-13(16)17-8-6-10-9(12(15)7-8)4-3-5-11(10)14/h2-7H,1,14-15H2. The highest BCUT2D eigenvalue weighted by molar-refractivity contribution is 6.01. The van der Waals surface area contributed by atoms with Crippen molar-refractivity contribution in [3.63, 3.8) is 0 Å². The number of esters is 1. The second-order valence-corrected chi connectivity index (χ2v) is 3.58. The highest BCUT2D eigenvalue weighted by atomic mass is 16.5. The van der Waals surface area contributed by atoms with Crippen LogP contribution in [0.25, 0.3) is 10.8 Å². The number of carbonyl (C=O) groups excluding carboxylic acids is 1. The number of hydrogen-bond acceptors (Lipinski definition) is 4. The smallest absolute Gasteiger partial charge is 0.335 e. The SMILES string of the molecule is C=CC(=O)Oc1cc(N)c2cccc(N)c2c1. The molecule has 0 bridgehead atoms. The number of fused-ring (bicyclic) bond motifs is 1. The second-order valence-electron chi connectivity index (χ2n) is 3.58. The Kier molecular flexibility index (Phi) is 2.70. The molecule has 2 aromatic rings. The van der Waals surface area contributed by atoms with E-state index in [9.17, 15) is 4.79 Å². The van der Waals surface area contributed by atoms with Crippen LogP contribution in [0.1, 0.15) is 0 Å². The monoisotopic (exact) mass is 228 g/mol. The summed E-state index contributed by atoms with van der Waals surface area (Å²) in [6, 6.07) is 8.72. The Labute approximate surface area is 98.5 Å². The van der Waals surface area contributed by atoms with Crippen molar-refractivity contribution < 1.29 is 9.53 Å². The molecule has 17 heavy (non-hydrogen) atoms. The van der Waals surface area contributed by atoms with Crippen molar-refractivity contribution in [2.24, 2.45) is 0 Å². The Morgan fingerprint density at radius 3 is 2.65 bits per heavy atom. The number of ether oxygens (including phenoxy) is 1. The molecule has 0 unspecified atom stereocenters. The van der Waals surface area contributed by atoms with Gasteiger partial charge in [-0.15, -0.1) is 0 Å².